The van der Waals surface area contributed by atoms with E-state index in [1.165, 1.54) is 11.1 Å². The second-order valence-corrected chi connectivity index (χ2v) is 3.54. The average Bonchev–Trinajstić information content (AvgIpc) is 2.30. The van der Waals surface area contributed by atoms with Crippen LogP contribution in [0.15, 0.2) is 48.6 Å². The number of aliphatic hydroxyl groups is 2. The van der Waals surface area contributed by atoms with Crippen molar-refractivity contribution in [2.45, 2.75) is 12.8 Å². The van der Waals surface area contributed by atoms with Gasteiger partial charge in [0.2, 0.25) is 0 Å². The molecule has 0 fully saturated rings. The fourth-order valence-corrected chi connectivity index (χ4v) is 1.47. The molecule has 1 rings (SSSR count). The van der Waals surface area contributed by atoms with Crippen LogP contribution in [-0.4, -0.2) is 23.4 Å². The van der Waals surface area contributed by atoms with Crippen molar-refractivity contribution < 1.29 is 10.2 Å². The van der Waals surface area contributed by atoms with Crippen LogP contribution in [0.1, 0.15) is 11.1 Å². The molecule has 0 aromatic heterocycles. The number of rotatable bonds is 6. The fraction of sp³-hybridized carbons (Fsp3) is 0.286. The summed E-state index contributed by atoms with van der Waals surface area (Å²) >= 11 is 0. The summed E-state index contributed by atoms with van der Waals surface area (Å²) < 4.78 is 0. The Morgan fingerprint density at radius 1 is 0.812 bits per heavy atom. The lowest BCUT2D eigenvalue weighted by Crippen LogP contribution is -1.87. The normalized spacial score (nSPS) is 11.6. The molecule has 0 amide bonds. The summed E-state index contributed by atoms with van der Waals surface area (Å²) in [7, 11) is 0. The minimum absolute atomic E-state index is 0.0962. The molecular formula is C14H18O2. The second-order valence-electron chi connectivity index (χ2n) is 3.54. The van der Waals surface area contributed by atoms with E-state index in [2.05, 4.69) is 18.2 Å². The monoisotopic (exact) mass is 218 g/mol. The molecule has 0 radical (unpaired) electrons. The number of hydrogen-bond donors (Lipinski definition) is 2. The molecule has 0 aliphatic rings. The molecule has 0 saturated heterocycles. The number of hydrogen-bond acceptors (Lipinski definition) is 2. The summed E-state index contributed by atoms with van der Waals surface area (Å²) in [4.78, 5) is 0. The highest BCUT2D eigenvalue weighted by Gasteiger charge is 1.92. The van der Waals surface area contributed by atoms with Gasteiger partial charge in [0.1, 0.15) is 0 Å². The Bertz CT molecular complexity index is 322. The third-order valence-electron chi connectivity index (χ3n) is 2.24. The smallest absolute Gasteiger partial charge is 0.0612 e. The van der Waals surface area contributed by atoms with Gasteiger partial charge in [0.05, 0.1) is 13.2 Å². The van der Waals surface area contributed by atoms with Gasteiger partial charge in [0.25, 0.3) is 0 Å². The van der Waals surface area contributed by atoms with Crippen molar-refractivity contribution in [3.63, 3.8) is 0 Å². The summed E-state index contributed by atoms with van der Waals surface area (Å²) in [6, 6.07) is 8.32. The van der Waals surface area contributed by atoms with Gasteiger partial charge in [-0.1, -0.05) is 48.6 Å². The molecule has 0 bridgehead atoms. The van der Waals surface area contributed by atoms with Crippen LogP contribution < -0.4 is 0 Å². The van der Waals surface area contributed by atoms with E-state index in [0.717, 1.165) is 12.8 Å². The maximum Gasteiger partial charge on any atom is 0.0612 e. The van der Waals surface area contributed by atoms with Crippen molar-refractivity contribution in [1.29, 1.82) is 0 Å². The molecule has 1 aromatic carbocycles. The molecule has 0 unspecified atom stereocenters. The van der Waals surface area contributed by atoms with Crippen LogP contribution in [0.25, 0.3) is 0 Å². The van der Waals surface area contributed by atoms with Crippen LogP contribution in [-0.2, 0) is 12.8 Å². The predicted octanol–water partition coefficient (Wildman–Crippen LogP) is 1.87. The highest BCUT2D eigenvalue weighted by molar-refractivity contribution is 5.26. The minimum atomic E-state index is 0.0962. The van der Waals surface area contributed by atoms with Gasteiger partial charge in [-0.25, -0.2) is 0 Å². The van der Waals surface area contributed by atoms with Gasteiger partial charge < -0.3 is 10.2 Å². The molecule has 0 atom stereocenters. The lowest BCUT2D eigenvalue weighted by atomic mass is 10.1. The molecular weight excluding hydrogens is 200 g/mol. The molecule has 2 heteroatoms. The molecule has 0 saturated carbocycles. The largest absolute Gasteiger partial charge is 0.392 e. The maximum absolute atomic E-state index is 8.62. The van der Waals surface area contributed by atoms with Crippen LogP contribution in [0.2, 0.25) is 0 Å². The third-order valence-corrected chi connectivity index (χ3v) is 2.24. The summed E-state index contributed by atoms with van der Waals surface area (Å²) in [5.41, 5.74) is 2.47. The van der Waals surface area contributed by atoms with Gasteiger partial charge in [0, 0.05) is 0 Å². The van der Waals surface area contributed by atoms with E-state index in [-0.39, 0.29) is 13.2 Å². The zero-order chi connectivity index (χ0) is 11.6. The van der Waals surface area contributed by atoms with Gasteiger partial charge in [0.15, 0.2) is 0 Å². The van der Waals surface area contributed by atoms with E-state index in [0.29, 0.717) is 0 Å². The molecule has 1 aromatic rings. The molecule has 0 spiro atoms. The number of aliphatic hydroxyl groups excluding tert-OH is 2. The average molecular weight is 218 g/mol. The standard InChI is InChI=1S/C14H18O2/c15-10-3-1-6-13-8-5-9-14(12-13)7-2-4-11-16/h1-5,8-9,12,15-16H,6-7,10-11H2/b3-1+,4-2+. The van der Waals surface area contributed by atoms with Gasteiger partial charge in [-0.05, 0) is 24.0 Å². The van der Waals surface area contributed by atoms with Crippen molar-refractivity contribution in [1.82, 2.24) is 0 Å². The lowest BCUT2D eigenvalue weighted by molar-refractivity contribution is 0.342. The molecule has 2 N–H and O–H groups in total. The van der Waals surface area contributed by atoms with Crippen molar-refractivity contribution in [2.75, 3.05) is 13.2 Å². The Hall–Kier alpha value is -1.38. The van der Waals surface area contributed by atoms with E-state index in [1.54, 1.807) is 12.2 Å². The Morgan fingerprint density at radius 2 is 1.31 bits per heavy atom. The van der Waals surface area contributed by atoms with Crippen LogP contribution in [0.3, 0.4) is 0 Å². The summed E-state index contributed by atoms with van der Waals surface area (Å²) in [5, 5.41) is 17.2. The first-order valence-electron chi connectivity index (χ1n) is 5.46. The van der Waals surface area contributed by atoms with Crippen molar-refractivity contribution in [3.05, 3.63) is 59.7 Å². The second kappa shape index (κ2) is 7.85. The highest BCUT2D eigenvalue weighted by atomic mass is 16.3. The van der Waals surface area contributed by atoms with Gasteiger partial charge >= 0.3 is 0 Å². The van der Waals surface area contributed by atoms with Gasteiger partial charge in [-0.15, -0.1) is 0 Å². The van der Waals surface area contributed by atoms with Crippen LogP contribution in [0, 0.1) is 0 Å². The summed E-state index contributed by atoms with van der Waals surface area (Å²) in [6.07, 6.45) is 9.11. The Morgan fingerprint density at radius 3 is 1.75 bits per heavy atom. The van der Waals surface area contributed by atoms with Crippen LogP contribution >= 0.6 is 0 Å². The Labute approximate surface area is 96.6 Å². The first kappa shape index (κ1) is 12.7. The minimum Gasteiger partial charge on any atom is -0.392 e. The molecule has 0 aliphatic heterocycles. The van der Waals surface area contributed by atoms with Crippen molar-refractivity contribution in [2.24, 2.45) is 0 Å². The van der Waals surface area contributed by atoms with E-state index in [1.807, 2.05) is 18.2 Å². The van der Waals surface area contributed by atoms with Crippen LogP contribution in [0.5, 0.6) is 0 Å². The highest BCUT2D eigenvalue weighted by Crippen LogP contribution is 2.07. The first-order chi connectivity index (χ1) is 7.86. The molecule has 0 heterocycles. The molecule has 86 valence electrons. The van der Waals surface area contributed by atoms with E-state index < -0.39 is 0 Å². The molecule has 16 heavy (non-hydrogen) atoms. The quantitative estimate of drug-likeness (QED) is 0.716. The van der Waals surface area contributed by atoms with Crippen molar-refractivity contribution in [3.8, 4) is 0 Å². The summed E-state index contributed by atoms with van der Waals surface area (Å²) in [5.74, 6) is 0. The van der Waals surface area contributed by atoms with Gasteiger partial charge in [-0.3, -0.25) is 0 Å². The maximum atomic E-state index is 8.62. The van der Waals surface area contributed by atoms with E-state index in [4.69, 9.17) is 10.2 Å². The molecule has 0 aliphatic carbocycles. The van der Waals surface area contributed by atoms with Crippen molar-refractivity contribution >= 4 is 0 Å². The number of benzene rings is 1. The fourth-order valence-electron chi connectivity index (χ4n) is 1.47. The van der Waals surface area contributed by atoms with Crippen LogP contribution in [0.4, 0.5) is 0 Å². The zero-order valence-electron chi connectivity index (χ0n) is 9.34. The Balaban J connectivity index is 2.56. The lowest BCUT2D eigenvalue weighted by Gasteiger charge is -2.00. The van der Waals surface area contributed by atoms with Gasteiger partial charge in [-0.2, -0.15) is 0 Å². The zero-order valence-corrected chi connectivity index (χ0v) is 9.34. The SMILES string of the molecule is OC/C=C/Cc1cccc(C/C=C/CO)c1. The molecule has 2 nitrogen and oxygen atoms in total. The summed E-state index contributed by atoms with van der Waals surface area (Å²) in [6.45, 7) is 0.192. The third kappa shape index (κ3) is 4.91. The Kier molecular flexibility index (Phi) is 6.23. The first-order valence-corrected chi connectivity index (χ1v) is 5.46. The van der Waals surface area contributed by atoms with E-state index in [9.17, 15) is 0 Å². The topological polar surface area (TPSA) is 40.5 Å². The van der Waals surface area contributed by atoms with E-state index >= 15 is 0 Å². The predicted molar refractivity (Wildman–Crippen MR) is 66.3 cm³/mol. The number of allylic oxidation sites excluding steroid dienone is 2.